The van der Waals surface area contributed by atoms with Gasteiger partial charge in [0.25, 0.3) is 5.91 Å². The molecule has 1 heterocycles. The number of benzene rings is 1. The van der Waals surface area contributed by atoms with Crippen molar-refractivity contribution in [2.45, 2.75) is 6.54 Å². The first-order chi connectivity index (χ1) is 10.5. The van der Waals surface area contributed by atoms with E-state index in [1.54, 1.807) is 43.8 Å². The summed E-state index contributed by atoms with van der Waals surface area (Å²) < 4.78 is 5.28. The molecule has 22 heavy (non-hydrogen) atoms. The summed E-state index contributed by atoms with van der Waals surface area (Å²) in [5.74, 6) is 0.0267. The van der Waals surface area contributed by atoms with Gasteiger partial charge in [0.2, 0.25) is 5.91 Å². The average Bonchev–Trinajstić information content (AvgIpc) is 3.01. The molecule has 0 atom stereocenters. The number of nitrogens with two attached hydrogens (primary N) is 1. The number of carbonyl (C=O) groups is 2. The second kappa shape index (κ2) is 6.95. The van der Waals surface area contributed by atoms with Crippen LogP contribution in [0.4, 0.5) is 5.69 Å². The van der Waals surface area contributed by atoms with Gasteiger partial charge in [-0.2, -0.15) is 0 Å². The van der Waals surface area contributed by atoms with Gasteiger partial charge >= 0.3 is 0 Å². The predicted molar refractivity (Wildman–Crippen MR) is 86.5 cm³/mol. The molecule has 0 unspecified atom stereocenters. The normalized spacial score (nSPS) is 10.1. The molecular formula is C15H17N3O3S. The minimum absolute atomic E-state index is 0.169. The highest BCUT2D eigenvalue weighted by molar-refractivity contribution is 7.10. The molecule has 0 saturated carbocycles. The molecule has 1 aromatic heterocycles. The fraction of sp³-hybridized carbons (Fsp3) is 0.200. The van der Waals surface area contributed by atoms with E-state index in [1.807, 2.05) is 0 Å². The monoisotopic (exact) mass is 319 g/mol. The van der Waals surface area contributed by atoms with Crippen molar-refractivity contribution in [1.29, 1.82) is 0 Å². The van der Waals surface area contributed by atoms with Crippen LogP contribution in [0.2, 0.25) is 0 Å². The number of carbonyl (C=O) groups excluding carboxylic acids is 2. The van der Waals surface area contributed by atoms with Crippen LogP contribution >= 0.6 is 11.3 Å². The Kier molecular flexibility index (Phi) is 5.00. The Labute approximate surface area is 132 Å². The number of ether oxygens (including phenoxy) is 1. The summed E-state index contributed by atoms with van der Waals surface area (Å²) in [5, 5.41) is 7.50. The maximum atomic E-state index is 11.7. The fourth-order valence-electron chi connectivity index (χ4n) is 1.92. The number of thiophene rings is 1. The number of anilines is 1. The van der Waals surface area contributed by atoms with Crippen molar-refractivity contribution < 1.29 is 14.3 Å². The van der Waals surface area contributed by atoms with Gasteiger partial charge in [0.05, 0.1) is 18.4 Å². The third-order valence-corrected chi connectivity index (χ3v) is 4.02. The minimum Gasteiger partial charge on any atom is -0.495 e. The first-order valence-electron chi connectivity index (χ1n) is 6.56. The maximum absolute atomic E-state index is 11.7. The van der Waals surface area contributed by atoms with Gasteiger partial charge in [0.1, 0.15) is 5.75 Å². The molecule has 0 aliphatic heterocycles. The van der Waals surface area contributed by atoms with Crippen LogP contribution in [0.3, 0.4) is 0 Å². The van der Waals surface area contributed by atoms with E-state index in [9.17, 15) is 9.59 Å². The molecule has 6 nitrogen and oxygen atoms in total. The van der Waals surface area contributed by atoms with E-state index in [0.717, 1.165) is 4.88 Å². The van der Waals surface area contributed by atoms with E-state index in [0.29, 0.717) is 29.1 Å². The molecule has 2 rings (SSSR count). The molecule has 2 amide bonds. The smallest absolute Gasteiger partial charge is 0.251 e. The summed E-state index contributed by atoms with van der Waals surface area (Å²) >= 11 is 1.44. The zero-order chi connectivity index (χ0) is 16.1. The van der Waals surface area contributed by atoms with Gasteiger partial charge in [0, 0.05) is 29.4 Å². The van der Waals surface area contributed by atoms with Crippen molar-refractivity contribution in [1.82, 2.24) is 5.32 Å². The van der Waals surface area contributed by atoms with E-state index in [4.69, 9.17) is 10.5 Å². The van der Waals surface area contributed by atoms with Gasteiger partial charge in [-0.1, -0.05) is 0 Å². The van der Waals surface area contributed by atoms with Crippen molar-refractivity contribution in [2.24, 2.45) is 5.73 Å². The lowest BCUT2D eigenvalue weighted by Gasteiger charge is -2.12. The van der Waals surface area contributed by atoms with Gasteiger partial charge in [-0.05, 0) is 24.3 Å². The average molecular weight is 319 g/mol. The molecule has 0 radical (unpaired) electrons. The lowest BCUT2D eigenvalue weighted by atomic mass is 10.1. The number of primary amides is 1. The van der Waals surface area contributed by atoms with Gasteiger partial charge in [-0.3, -0.25) is 9.59 Å². The molecule has 0 saturated heterocycles. The molecule has 0 aliphatic rings. The Morgan fingerprint density at radius 2 is 2.05 bits per heavy atom. The van der Waals surface area contributed by atoms with Crippen LogP contribution in [0.1, 0.15) is 25.6 Å². The van der Waals surface area contributed by atoms with E-state index < -0.39 is 5.91 Å². The molecule has 7 heteroatoms. The van der Waals surface area contributed by atoms with Crippen molar-refractivity contribution in [2.75, 3.05) is 19.5 Å². The Morgan fingerprint density at radius 3 is 2.64 bits per heavy atom. The Morgan fingerprint density at radius 1 is 1.27 bits per heavy atom. The van der Waals surface area contributed by atoms with E-state index in [-0.39, 0.29) is 5.91 Å². The molecule has 4 N–H and O–H groups in total. The van der Waals surface area contributed by atoms with Gasteiger partial charge < -0.3 is 21.1 Å². The fourth-order valence-corrected chi connectivity index (χ4v) is 2.73. The van der Waals surface area contributed by atoms with Crippen LogP contribution in [0.5, 0.6) is 5.75 Å². The van der Waals surface area contributed by atoms with Crippen molar-refractivity contribution in [3.05, 3.63) is 45.6 Å². The third kappa shape index (κ3) is 3.56. The highest BCUT2D eigenvalue weighted by Gasteiger charge is 2.10. The van der Waals surface area contributed by atoms with Crippen LogP contribution < -0.4 is 21.1 Å². The molecule has 0 spiro atoms. The van der Waals surface area contributed by atoms with E-state index in [1.165, 1.54) is 11.3 Å². The number of amides is 2. The second-order valence-electron chi connectivity index (χ2n) is 4.51. The number of rotatable bonds is 6. The summed E-state index contributed by atoms with van der Waals surface area (Å²) in [4.78, 5) is 23.7. The van der Waals surface area contributed by atoms with Crippen LogP contribution in [0.15, 0.2) is 29.6 Å². The quantitative estimate of drug-likeness (QED) is 0.757. The van der Waals surface area contributed by atoms with Crippen molar-refractivity contribution >= 4 is 28.8 Å². The molecular weight excluding hydrogens is 302 g/mol. The molecule has 116 valence electrons. The highest BCUT2D eigenvalue weighted by Crippen LogP contribution is 2.27. The highest BCUT2D eigenvalue weighted by atomic mass is 32.1. The molecule has 0 aliphatic carbocycles. The number of hydrogen-bond acceptors (Lipinski definition) is 5. The lowest BCUT2D eigenvalue weighted by molar-refractivity contribution is 0.0961. The minimum atomic E-state index is -0.443. The van der Waals surface area contributed by atoms with Gasteiger partial charge in [-0.15, -0.1) is 11.3 Å². The van der Waals surface area contributed by atoms with E-state index in [2.05, 4.69) is 10.6 Å². The number of hydrogen-bond donors (Lipinski definition) is 3. The van der Waals surface area contributed by atoms with Crippen LogP contribution in [0, 0.1) is 0 Å². The first-order valence-corrected chi connectivity index (χ1v) is 7.44. The standard InChI is InChI=1S/C15H17N3O3S/c1-17-15(20)9-3-4-13(21-2)12(6-9)18-7-11-5-10(8-22-11)14(16)19/h3-6,8,18H,7H2,1-2H3,(H2,16,19)(H,17,20). The molecule has 0 fully saturated rings. The summed E-state index contributed by atoms with van der Waals surface area (Å²) in [6, 6.07) is 6.89. The molecule has 0 bridgehead atoms. The zero-order valence-corrected chi connectivity index (χ0v) is 13.1. The van der Waals surface area contributed by atoms with Crippen LogP contribution in [-0.2, 0) is 6.54 Å². The molecule has 1 aromatic carbocycles. The summed E-state index contributed by atoms with van der Waals surface area (Å²) in [5.41, 5.74) is 6.97. The van der Waals surface area contributed by atoms with Gasteiger partial charge in [-0.25, -0.2) is 0 Å². The Balaban J connectivity index is 2.16. The number of nitrogens with one attached hydrogen (secondary N) is 2. The van der Waals surface area contributed by atoms with Gasteiger partial charge in [0.15, 0.2) is 0 Å². The van der Waals surface area contributed by atoms with E-state index >= 15 is 0 Å². The third-order valence-electron chi connectivity index (χ3n) is 3.08. The topological polar surface area (TPSA) is 93.4 Å². The van der Waals surface area contributed by atoms with Crippen molar-refractivity contribution in [3.63, 3.8) is 0 Å². The van der Waals surface area contributed by atoms with Crippen molar-refractivity contribution in [3.8, 4) is 5.75 Å². The second-order valence-corrected chi connectivity index (χ2v) is 5.51. The Hall–Kier alpha value is -2.54. The van der Waals surface area contributed by atoms with Crippen LogP contribution in [-0.4, -0.2) is 26.0 Å². The largest absolute Gasteiger partial charge is 0.495 e. The first kappa shape index (κ1) is 15.8. The summed E-state index contributed by atoms with van der Waals surface area (Å²) in [6.45, 7) is 0.505. The van der Waals surface area contributed by atoms with Crippen LogP contribution in [0.25, 0.3) is 0 Å². The number of methoxy groups -OCH3 is 1. The maximum Gasteiger partial charge on any atom is 0.251 e. The SMILES string of the molecule is CNC(=O)c1ccc(OC)c(NCc2cc(C(N)=O)cs2)c1. The lowest BCUT2D eigenvalue weighted by Crippen LogP contribution is -2.18. The zero-order valence-electron chi connectivity index (χ0n) is 12.3. The predicted octanol–water partition coefficient (Wildman–Crippen LogP) is 1.83. The summed E-state index contributed by atoms with van der Waals surface area (Å²) in [7, 11) is 3.15. The molecule has 2 aromatic rings. The Bertz CT molecular complexity index is 697. The summed E-state index contributed by atoms with van der Waals surface area (Å²) in [6.07, 6.45) is 0.